The van der Waals surface area contributed by atoms with Gasteiger partial charge >= 0.3 is 5.97 Å². The molecule has 14 heavy (non-hydrogen) atoms. The Morgan fingerprint density at radius 1 is 1.57 bits per heavy atom. The lowest BCUT2D eigenvalue weighted by molar-refractivity contribution is 0.0676. The number of pyridine rings is 1. The fourth-order valence-electron chi connectivity index (χ4n) is 0.906. The second-order valence-electron chi connectivity index (χ2n) is 2.36. The fraction of sp³-hybridized carbons (Fsp3) is 0.143. The monoisotopic (exact) mass is 267 g/mol. The van der Waals surface area contributed by atoms with Crippen molar-refractivity contribution in [2.75, 3.05) is 0 Å². The molecule has 2 N–H and O–H groups in total. The third kappa shape index (κ3) is 1.82. The Morgan fingerprint density at radius 2 is 2.14 bits per heavy atom. The maximum atomic E-state index is 12.3. The molecule has 0 atom stereocenters. The number of halogens is 3. The van der Waals surface area contributed by atoms with Crippen LogP contribution in [0.2, 0.25) is 0 Å². The summed E-state index contributed by atoms with van der Waals surface area (Å²) in [6.07, 6.45) is -2.11. The van der Waals surface area contributed by atoms with Crippen LogP contribution in [0.1, 0.15) is 22.5 Å². The van der Waals surface area contributed by atoms with Gasteiger partial charge in [-0.25, -0.2) is 13.6 Å². The van der Waals surface area contributed by atoms with E-state index in [-0.39, 0.29) is 4.47 Å². The van der Waals surface area contributed by atoms with E-state index in [1.807, 2.05) is 0 Å². The van der Waals surface area contributed by atoms with Crippen LogP contribution in [-0.2, 0) is 0 Å². The molecule has 1 aromatic rings. The molecule has 0 radical (unpaired) electrons. The lowest BCUT2D eigenvalue weighted by Gasteiger charge is -2.03. The van der Waals surface area contributed by atoms with Crippen LogP contribution < -0.4 is 5.43 Å². The van der Waals surface area contributed by atoms with Crippen molar-refractivity contribution in [2.45, 2.75) is 6.43 Å². The Labute approximate surface area is 84.7 Å². The molecule has 1 heterocycles. The van der Waals surface area contributed by atoms with Crippen LogP contribution in [0.15, 0.2) is 15.5 Å². The zero-order valence-corrected chi connectivity index (χ0v) is 8.14. The first-order chi connectivity index (χ1) is 6.45. The number of carboxylic acid groups (broad SMARTS) is 1. The van der Waals surface area contributed by atoms with Crippen molar-refractivity contribution < 1.29 is 18.7 Å². The highest BCUT2D eigenvalue weighted by molar-refractivity contribution is 9.10. The first-order valence-corrected chi connectivity index (χ1v) is 4.17. The molecular weight excluding hydrogens is 264 g/mol. The average molecular weight is 268 g/mol. The van der Waals surface area contributed by atoms with Gasteiger partial charge in [0, 0.05) is 6.20 Å². The van der Waals surface area contributed by atoms with E-state index in [2.05, 4.69) is 20.9 Å². The summed E-state index contributed by atoms with van der Waals surface area (Å²) in [5.74, 6) is -1.59. The Bertz CT molecular complexity index is 429. The number of aromatic nitrogens is 1. The van der Waals surface area contributed by atoms with Crippen molar-refractivity contribution in [3.63, 3.8) is 0 Å². The van der Waals surface area contributed by atoms with E-state index < -0.39 is 29.1 Å². The van der Waals surface area contributed by atoms with Crippen LogP contribution in [0.25, 0.3) is 0 Å². The Morgan fingerprint density at radius 3 is 2.57 bits per heavy atom. The van der Waals surface area contributed by atoms with Crippen molar-refractivity contribution in [3.8, 4) is 0 Å². The minimum atomic E-state index is -3.12. The van der Waals surface area contributed by atoms with E-state index in [4.69, 9.17) is 5.11 Å². The van der Waals surface area contributed by atoms with E-state index >= 15 is 0 Å². The molecule has 0 fully saturated rings. The standard InChI is InChI=1S/C7H4BrF2NO3/c8-2-1-11-4(7(13)14)3(5(2)12)6(9)10/h1,6H,(H,11,12)(H,13,14). The van der Waals surface area contributed by atoms with Gasteiger partial charge in [-0.05, 0) is 15.9 Å². The summed E-state index contributed by atoms with van der Waals surface area (Å²) in [4.78, 5) is 23.7. The smallest absolute Gasteiger partial charge is 0.352 e. The lowest BCUT2D eigenvalue weighted by atomic mass is 10.2. The molecule has 0 amide bonds. The number of rotatable bonds is 2. The van der Waals surface area contributed by atoms with E-state index in [0.717, 1.165) is 6.20 Å². The average Bonchev–Trinajstić information content (AvgIpc) is 2.08. The van der Waals surface area contributed by atoms with Crippen LogP contribution >= 0.6 is 15.9 Å². The zero-order valence-electron chi connectivity index (χ0n) is 6.55. The van der Waals surface area contributed by atoms with Gasteiger partial charge < -0.3 is 10.1 Å². The number of hydrogen-bond acceptors (Lipinski definition) is 2. The zero-order chi connectivity index (χ0) is 10.9. The summed E-state index contributed by atoms with van der Waals surface area (Å²) < 4.78 is 24.5. The van der Waals surface area contributed by atoms with Crippen molar-refractivity contribution in [1.82, 2.24) is 4.98 Å². The molecule has 4 nitrogen and oxygen atoms in total. The number of aromatic amines is 1. The number of carbonyl (C=O) groups is 1. The van der Waals surface area contributed by atoms with Gasteiger partial charge in [0.2, 0.25) is 5.43 Å². The Balaban J connectivity index is 3.54. The second kappa shape index (κ2) is 3.87. The Kier molecular flexibility index (Phi) is 3.00. The summed E-state index contributed by atoms with van der Waals surface area (Å²) >= 11 is 2.73. The third-order valence-electron chi connectivity index (χ3n) is 1.51. The molecule has 76 valence electrons. The molecule has 0 aliphatic carbocycles. The number of H-pyrrole nitrogens is 1. The van der Waals surface area contributed by atoms with Crippen LogP contribution in [-0.4, -0.2) is 16.1 Å². The quantitative estimate of drug-likeness (QED) is 0.858. The third-order valence-corrected chi connectivity index (χ3v) is 2.10. The van der Waals surface area contributed by atoms with E-state index in [0.29, 0.717) is 0 Å². The van der Waals surface area contributed by atoms with E-state index in [1.165, 1.54) is 0 Å². The number of nitrogens with one attached hydrogen (secondary N) is 1. The van der Waals surface area contributed by atoms with Crippen molar-refractivity contribution >= 4 is 21.9 Å². The van der Waals surface area contributed by atoms with Crippen LogP contribution in [0.5, 0.6) is 0 Å². The fourth-order valence-corrected chi connectivity index (χ4v) is 1.23. The molecule has 0 saturated carbocycles. The normalized spacial score (nSPS) is 10.6. The predicted octanol–water partition coefficient (Wildman–Crippen LogP) is 1.77. The lowest BCUT2D eigenvalue weighted by Crippen LogP contribution is -2.18. The molecular formula is C7H4BrF2NO3. The second-order valence-corrected chi connectivity index (χ2v) is 3.21. The van der Waals surface area contributed by atoms with Gasteiger partial charge in [0.05, 0.1) is 10.0 Å². The van der Waals surface area contributed by atoms with Crippen molar-refractivity contribution in [2.24, 2.45) is 0 Å². The highest BCUT2D eigenvalue weighted by Gasteiger charge is 2.23. The molecule has 0 aliphatic heterocycles. The van der Waals surface area contributed by atoms with Gasteiger partial charge in [-0.3, -0.25) is 4.79 Å². The van der Waals surface area contributed by atoms with Crippen LogP contribution in [0.3, 0.4) is 0 Å². The summed E-state index contributed by atoms with van der Waals surface area (Å²) in [6, 6.07) is 0. The number of carboxylic acids is 1. The van der Waals surface area contributed by atoms with E-state index in [9.17, 15) is 18.4 Å². The van der Waals surface area contributed by atoms with Gasteiger partial charge in [0.15, 0.2) is 0 Å². The molecule has 1 rings (SSSR count). The molecule has 0 aliphatic rings. The molecule has 0 spiro atoms. The van der Waals surface area contributed by atoms with E-state index in [1.54, 1.807) is 0 Å². The molecule has 0 bridgehead atoms. The largest absolute Gasteiger partial charge is 0.477 e. The maximum Gasteiger partial charge on any atom is 0.352 e. The predicted molar refractivity (Wildman–Crippen MR) is 46.7 cm³/mol. The summed E-state index contributed by atoms with van der Waals surface area (Å²) in [7, 11) is 0. The first kappa shape index (κ1) is 10.8. The summed E-state index contributed by atoms with van der Waals surface area (Å²) in [5.41, 5.74) is -2.84. The number of aromatic carboxylic acids is 1. The summed E-state index contributed by atoms with van der Waals surface area (Å²) in [6.45, 7) is 0. The molecule has 0 aromatic carbocycles. The van der Waals surface area contributed by atoms with Gasteiger partial charge in [-0.15, -0.1) is 0 Å². The molecule has 0 unspecified atom stereocenters. The molecule has 7 heteroatoms. The highest BCUT2D eigenvalue weighted by atomic mass is 79.9. The number of hydrogen-bond donors (Lipinski definition) is 2. The highest BCUT2D eigenvalue weighted by Crippen LogP contribution is 2.19. The van der Waals surface area contributed by atoms with Gasteiger partial charge in [0.25, 0.3) is 6.43 Å². The van der Waals surface area contributed by atoms with Gasteiger partial charge in [-0.1, -0.05) is 0 Å². The van der Waals surface area contributed by atoms with Crippen molar-refractivity contribution in [3.05, 3.63) is 32.2 Å². The number of alkyl halides is 2. The van der Waals surface area contributed by atoms with Crippen LogP contribution in [0, 0.1) is 0 Å². The topological polar surface area (TPSA) is 70.2 Å². The SMILES string of the molecule is O=C(O)c1[nH]cc(Br)c(=O)c1C(F)F. The molecule has 0 saturated heterocycles. The minimum absolute atomic E-state index is 0.127. The minimum Gasteiger partial charge on any atom is -0.477 e. The summed E-state index contributed by atoms with van der Waals surface area (Å²) in [5, 5.41) is 8.51. The first-order valence-electron chi connectivity index (χ1n) is 3.37. The maximum absolute atomic E-state index is 12.3. The van der Waals surface area contributed by atoms with Gasteiger partial charge in [-0.2, -0.15) is 0 Å². The van der Waals surface area contributed by atoms with Crippen LogP contribution in [0.4, 0.5) is 8.78 Å². The molecule has 1 aromatic heterocycles. The van der Waals surface area contributed by atoms with Gasteiger partial charge in [0.1, 0.15) is 5.69 Å². The Hall–Kier alpha value is -1.24. The van der Waals surface area contributed by atoms with Crippen molar-refractivity contribution in [1.29, 1.82) is 0 Å².